The lowest BCUT2D eigenvalue weighted by Crippen LogP contribution is -3.10. The Morgan fingerprint density at radius 3 is 1.36 bits per heavy atom. The molecule has 15 atom stereocenters. The van der Waals surface area contributed by atoms with Crippen molar-refractivity contribution in [3.05, 3.63) is 83.1 Å². The van der Waals surface area contributed by atoms with E-state index in [1.807, 2.05) is 17.8 Å². The quantitative estimate of drug-likeness (QED) is 0.0198. The molecule has 17 N–H and O–H groups in total. The lowest BCUT2D eigenvalue weighted by atomic mass is 9.99. The Balaban J connectivity index is -0.00000101. The highest BCUT2D eigenvalue weighted by atomic mass is 32.2. The molecule has 0 saturated carbocycles. The number of ether oxygens (including phenoxy) is 9. The van der Waals surface area contributed by atoms with Gasteiger partial charge in [0.25, 0.3) is 0 Å². The zero-order valence-corrected chi connectivity index (χ0v) is 58.3. The minimum absolute atomic E-state index is 0.182. The molecule has 7 aliphatic heterocycles. The Labute approximate surface area is 571 Å². The maximum atomic E-state index is 12.4. The molecule has 7 fully saturated rings. The van der Waals surface area contributed by atoms with E-state index >= 15 is 0 Å². The molecule has 7 rings (SSSR count). The van der Waals surface area contributed by atoms with Gasteiger partial charge in [-0.25, -0.2) is 20.1 Å². The molecule has 0 aromatic carbocycles. The molecular formula is C61H121F9N12O13S. The molecule has 25 nitrogen and oxygen atoms in total. The van der Waals surface area contributed by atoms with E-state index in [9.17, 15) is 39.5 Å². The second-order valence-corrected chi connectivity index (χ2v) is 23.7. The van der Waals surface area contributed by atoms with Crippen molar-refractivity contribution in [1.29, 1.82) is 10.5 Å². The van der Waals surface area contributed by atoms with Crippen LogP contribution in [0.5, 0.6) is 0 Å². The molecule has 35 heteroatoms. The molecule has 0 spiro atoms. The van der Waals surface area contributed by atoms with Crippen LogP contribution < -0.4 is 51.7 Å². The number of halogens is 9. The third-order valence-corrected chi connectivity index (χ3v) is 16.5. The van der Waals surface area contributed by atoms with Crippen molar-refractivity contribution in [3.63, 3.8) is 0 Å². The first kappa shape index (κ1) is 97.7. The van der Waals surface area contributed by atoms with Gasteiger partial charge in [-0.3, -0.25) is 0 Å². The lowest BCUT2D eigenvalue weighted by Gasteiger charge is -2.30. The maximum Gasteiger partial charge on any atom is 0.441 e. The number of hydroxylamine groups is 8. The van der Waals surface area contributed by atoms with Crippen LogP contribution in [0.3, 0.4) is 0 Å². The number of hydrogen-bond acceptors (Lipinski definition) is 16. The Hall–Kier alpha value is -2.48. The predicted molar refractivity (Wildman–Crippen MR) is 334 cm³/mol. The van der Waals surface area contributed by atoms with Gasteiger partial charge in [0.2, 0.25) is 0 Å². The van der Waals surface area contributed by atoms with Crippen LogP contribution in [0.2, 0.25) is 0 Å². The molecule has 7 aliphatic rings. The summed E-state index contributed by atoms with van der Waals surface area (Å²) in [4.78, 5) is 10.9. The maximum absolute atomic E-state index is 12.4. The van der Waals surface area contributed by atoms with Gasteiger partial charge in [0, 0.05) is 78.5 Å². The van der Waals surface area contributed by atoms with Gasteiger partial charge in [0.15, 0.2) is 29.2 Å². The van der Waals surface area contributed by atoms with E-state index in [1.165, 1.54) is 4.90 Å². The lowest BCUT2D eigenvalue weighted by molar-refractivity contribution is -1.07. The van der Waals surface area contributed by atoms with Gasteiger partial charge in [-0.2, -0.15) is 104 Å². The van der Waals surface area contributed by atoms with Crippen LogP contribution in [-0.2, 0) is 52.3 Å². The number of thioether (sulfide) groups is 1. The average Bonchev–Trinajstić information content (AvgIpc) is 1.97. The molecule has 0 aliphatic carbocycles. The Bertz CT molecular complexity index is 1810. The van der Waals surface area contributed by atoms with Gasteiger partial charge in [-0.1, -0.05) is 6.58 Å². The van der Waals surface area contributed by atoms with Crippen LogP contribution in [0.4, 0.5) is 39.5 Å². The summed E-state index contributed by atoms with van der Waals surface area (Å²) in [5.74, 6) is 1.62. The second kappa shape index (κ2) is 58.1. The largest absolute Gasteiger partial charge is 0.469 e. The van der Waals surface area contributed by atoms with Gasteiger partial charge in [-0.15, -0.1) is 28.2 Å². The first-order valence-electron chi connectivity index (χ1n) is 31.6. The minimum Gasteiger partial charge on any atom is -0.469 e. The number of quaternary nitrogens is 10. The average molecular weight is 1430 g/mol. The molecule has 0 bridgehead atoms. The normalized spacial score (nSPS) is 26.0. The fourth-order valence-corrected chi connectivity index (χ4v) is 10.3. The molecule has 7 heterocycles. The van der Waals surface area contributed by atoms with E-state index < -0.39 is 54.8 Å². The molecule has 0 aromatic rings. The highest BCUT2D eigenvalue weighted by Gasteiger charge is 2.49. The summed E-state index contributed by atoms with van der Waals surface area (Å²) in [5, 5.41) is 42.9. The van der Waals surface area contributed by atoms with Gasteiger partial charge in [0.1, 0.15) is 56.1 Å². The summed E-state index contributed by atoms with van der Waals surface area (Å²) in [5.41, 5.74) is -0.565. The molecule has 7 saturated heterocycles. The van der Waals surface area contributed by atoms with Crippen molar-refractivity contribution in [2.24, 2.45) is 5.92 Å². The number of nitrogens with one attached hydrogen (secondary N) is 5. The number of alkyl halides is 9. The topological polar surface area (TPSA) is 295 Å². The fourth-order valence-electron chi connectivity index (χ4n) is 8.95. The SMILES string of the molecule is C=CC[NH+]([CH2-])CCOC.[CH2-][NH+](CCOC)OC.[CH2-][NH+](O)C1CCOC1.[CH2-][NH+](O)CCOC.[CH2-][NH+](OC)C1CCOC1.[CH2-][NH2+]C(C1CCCCO1)C(F)(F)F.[CH2-][NH2+]C(C1CCCO1)C(F)(F)F.[CH2-][NH2+]C(C1CCOC1)C(F)(F)F.[CH2-][NH2+]C1(C#N)CCOC1.[CH2-][NH2+]C1(C#N)CCSC1. The number of methoxy groups -OCH3 is 3. The van der Waals surface area contributed by atoms with Crippen LogP contribution in [-0.4, -0.2) is 242 Å². The highest BCUT2D eigenvalue weighted by Crippen LogP contribution is 2.29. The van der Waals surface area contributed by atoms with Crippen molar-refractivity contribution < 1.29 is 154 Å². The standard InChI is InChI=1S/C8H14F3NO.2C7H12F3NO.C7H15NO.C6H10N2O.C6H10N2S.C6H13NO2.C5H11NO2.C5H13NO2.C4H11NO2/c1-12-7(8(9,10)11)6-4-2-3-5-13-6;1-11-6(7(8,9)10)5-2-3-12-4-5;1-11-6(7(8,9)10)5-3-2-4-12-5;1-4-5-8(2)6-7-9-3;2*1-8-6(4-7)2-3-9-5-6;1-7(8-2)6-3-4-9-5-6;1-6(7)5-2-3-8-4-5;1-6(8-3)4-5-7-2;1-5(6)3-4-7-2/h6-7H,1-5,12H2;2*5-6H,1-4,11H2;4,8H,1-2,5-7H2,3H3;2*1-3,5,8H2;6-7H,1,3-5H2,2H3;5-7H,1-4H2;6H,1,4-5H2,2-3H3;5-6H,1,3-4H2,2H3. The third-order valence-electron chi connectivity index (χ3n) is 15.3. The summed E-state index contributed by atoms with van der Waals surface area (Å²) >= 11 is 1.84. The van der Waals surface area contributed by atoms with Gasteiger partial charge < -0.3 is 94.4 Å². The van der Waals surface area contributed by atoms with Crippen molar-refractivity contribution in [2.75, 3.05) is 159 Å². The summed E-state index contributed by atoms with van der Waals surface area (Å²) < 4.78 is 155. The van der Waals surface area contributed by atoms with E-state index in [0.717, 1.165) is 122 Å². The number of nitrogens with zero attached hydrogens (tertiary/aromatic N) is 2. The third kappa shape index (κ3) is 46.8. The molecular weight excluding hydrogens is 1310 g/mol. The molecule has 0 radical (unpaired) electrons. The van der Waals surface area contributed by atoms with Crippen molar-refractivity contribution in [3.8, 4) is 12.1 Å². The monoisotopic (exact) mass is 1430 g/mol. The predicted octanol–water partition coefficient (Wildman–Crippen LogP) is -4.72. The van der Waals surface area contributed by atoms with Crippen LogP contribution >= 0.6 is 11.8 Å². The molecule has 96 heavy (non-hydrogen) atoms. The van der Waals surface area contributed by atoms with Crippen LogP contribution in [0, 0.1) is 99.1 Å². The first-order valence-corrected chi connectivity index (χ1v) is 32.7. The van der Waals surface area contributed by atoms with Gasteiger partial charge in [-0.05, 0) is 44.6 Å². The number of nitrogens with two attached hydrogens (primary N) is 5. The molecule has 0 amide bonds. The van der Waals surface area contributed by atoms with Gasteiger partial charge in [0.05, 0.1) is 92.5 Å². The summed E-state index contributed by atoms with van der Waals surface area (Å²) in [6.45, 7) is 14.6. The molecule has 15 unspecified atom stereocenters. The van der Waals surface area contributed by atoms with Crippen molar-refractivity contribution >= 4 is 11.8 Å². The van der Waals surface area contributed by atoms with Gasteiger partial charge >= 0.3 is 18.5 Å². The van der Waals surface area contributed by atoms with Crippen LogP contribution in [0.15, 0.2) is 12.7 Å². The van der Waals surface area contributed by atoms with E-state index in [0.29, 0.717) is 91.1 Å². The van der Waals surface area contributed by atoms with E-state index in [4.69, 9.17) is 68.5 Å². The van der Waals surface area contributed by atoms with Crippen LogP contribution in [0.25, 0.3) is 0 Å². The summed E-state index contributed by atoms with van der Waals surface area (Å²) in [6, 6.07) is 0.706. The first-order chi connectivity index (χ1) is 45.4. The Kier molecular flexibility index (Phi) is 59.1. The molecule has 0 aromatic heterocycles. The number of nitriles is 2. The Morgan fingerprint density at radius 1 is 0.594 bits per heavy atom. The van der Waals surface area contributed by atoms with E-state index in [2.05, 4.69) is 93.9 Å². The molecule has 572 valence electrons. The summed E-state index contributed by atoms with van der Waals surface area (Å²) in [7, 11) is 42.9. The van der Waals surface area contributed by atoms with E-state index in [-0.39, 0.29) is 33.9 Å². The number of rotatable bonds is 23. The summed E-state index contributed by atoms with van der Waals surface area (Å²) in [6.07, 6.45) is -4.56. The minimum atomic E-state index is -4.22. The zero-order chi connectivity index (χ0) is 73.7. The Morgan fingerprint density at radius 2 is 1.07 bits per heavy atom. The zero-order valence-electron chi connectivity index (χ0n) is 57.5. The van der Waals surface area contributed by atoms with Crippen molar-refractivity contribution in [1.82, 2.24) is 0 Å². The van der Waals surface area contributed by atoms with Crippen molar-refractivity contribution in [2.45, 2.75) is 136 Å². The number of hydrogen-bond donors (Lipinski definition) is 12. The van der Waals surface area contributed by atoms with Crippen LogP contribution in [0.1, 0.15) is 64.2 Å². The highest BCUT2D eigenvalue weighted by molar-refractivity contribution is 7.99. The smallest absolute Gasteiger partial charge is 0.441 e. The fraction of sp³-hybridized carbons (Fsp3) is 0.770. The van der Waals surface area contributed by atoms with E-state index in [1.54, 1.807) is 46.2 Å². The second-order valence-electron chi connectivity index (χ2n) is 22.6.